The predicted octanol–water partition coefficient (Wildman–Crippen LogP) is 1.88. The lowest BCUT2D eigenvalue weighted by molar-refractivity contribution is 0.0784. The molecule has 7 nitrogen and oxygen atoms in total. The molecule has 0 aliphatic carbocycles. The molecule has 0 aliphatic heterocycles. The topological polar surface area (TPSA) is 68.8 Å². The molecule has 26 heavy (non-hydrogen) atoms. The minimum absolute atomic E-state index is 0.117. The third-order valence-electron chi connectivity index (χ3n) is 4.09. The van der Waals surface area contributed by atoms with Crippen molar-refractivity contribution in [1.29, 1.82) is 0 Å². The van der Waals surface area contributed by atoms with E-state index in [0.717, 1.165) is 5.82 Å². The van der Waals surface area contributed by atoms with E-state index in [9.17, 15) is 13.6 Å². The zero-order valence-corrected chi connectivity index (χ0v) is 14.4. The lowest BCUT2D eigenvalue weighted by atomic mass is 10.2. The van der Waals surface area contributed by atoms with Crippen molar-refractivity contribution in [2.24, 2.45) is 0 Å². The van der Waals surface area contributed by atoms with Crippen LogP contribution in [0.25, 0.3) is 0 Å². The number of likely N-dealkylation sites (N-methyl/N-ethyl adjacent to an activating group) is 1. The van der Waals surface area contributed by atoms with Gasteiger partial charge in [0.15, 0.2) is 5.69 Å². The summed E-state index contributed by atoms with van der Waals surface area (Å²) in [5.41, 5.74) is -0.00747. The average molecular weight is 360 g/mol. The van der Waals surface area contributed by atoms with Crippen LogP contribution in [-0.4, -0.2) is 48.9 Å². The third kappa shape index (κ3) is 3.76. The summed E-state index contributed by atoms with van der Waals surface area (Å²) in [6, 6.07) is 3.64. The quantitative estimate of drug-likeness (QED) is 0.673. The minimum Gasteiger partial charge on any atom is -0.338 e. The molecular formula is C17H18F2N6O. The van der Waals surface area contributed by atoms with Crippen LogP contribution in [0.1, 0.15) is 21.9 Å². The highest BCUT2D eigenvalue weighted by molar-refractivity contribution is 5.91. The number of hydrogen-bond acceptors (Lipinski definition) is 4. The Kier molecular flexibility index (Phi) is 5.06. The smallest absolute Gasteiger partial charge is 0.275 e. The molecule has 1 aromatic carbocycles. The van der Waals surface area contributed by atoms with E-state index in [1.165, 1.54) is 34.0 Å². The number of halogens is 2. The normalized spacial score (nSPS) is 10.9. The molecule has 0 saturated heterocycles. The van der Waals surface area contributed by atoms with E-state index in [4.69, 9.17) is 0 Å². The van der Waals surface area contributed by atoms with Crippen LogP contribution < -0.4 is 0 Å². The number of nitrogens with zero attached hydrogens (tertiary/aromatic N) is 6. The van der Waals surface area contributed by atoms with E-state index in [-0.39, 0.29) is 23.7 Å². The summed E-state index contributed by atoms with van der Waals surface area (Å²) in [5.74, 6) is -0.783. The molecule has 0 saturated carbocycles. The van der Waals surface area contributed by atoms with E-state index in [1.807, 2.05) is 17.7 Å². The van der Waals surface area contributed by atoms with Gasteiger partial charge in [0.05, 0.1) is 12.7 Å². The molecule has 0 atom stereocenters. The molecule has 0 N–H and O–H groups in total. The largest absolute Gasteiger partial charge is 0.338 e. The predicted molar refractivity (Wildman–Crippen MR) is 89.4 cm³/mol. The van der Waals surface area contributed by atoms with Gasteiger partial charge in [-0.05, 0) is 19.1 Å². The first-order chi connectivity index (χ1) is 12.5. The summed E-state index contributed by atoms with van der Waals surface area (Å²) in [6.45, 7) is 2.81. The van der Waals surface area contributed by atoms with Crippen molar-refractivity contribution >= 4 is 5.91 Å². The summed E-state index contributed by atoms with van der Waals surface area (Å²) >= 11 is 0. The number of amides is 1. The van der Waals surface area contributed by atoms with Crippen LogP contribution in [0.5, 0.6) is 0 Å². The van der Waals surface area contributed by atoms with Gasteiger partial charge in [0.1, 0.15) is 17.5 Å². The number of hydrogen-bond donors (Lipinski definition) is 0. The highest BCUT2D eigenvalue weighted by atomic mass is 19.1. The van der Waals surface area contributed by atoms with Gasteiger partial charge in [-0.1, -0.05) is 11.3 Å². The first-order valence-corrected chi connectivity index (χ1v) is 8.02. The van der Waals surface area contributed by atoms with Gasteiger partial charge in [0.2, 0.25) is 0 Å². The highest BCUT2D eigenvalue weighted by Gasteiger charge is 2.17. The minimum atomic E-state index is -0.666. The van der Waals surface area contributed by atoms with Crippen molar-refractivity contribution in [3.63, 3.8) is 0 Å². The Bertz CT molecular complexity index is 899. The van der Waals surface area contributed by atoms with Crippen molar-refractivity contribution in [3.8, 4) is 0 Å². The number of imidazole rings is 1. The van der Waals surface area contributed by atoms with E-state index in [2.05, 4.69) is 15.3 Å². The SMILES string of the molecule is Cc1nccn1CCN(C)C(=O)c1cn(Cc2c(F)cccc2F)nn1. The van der Waals surface area contributed by atoms with Crippen LogP contribution in [0.15, 0.2) is 36.8 Å². The molecule has 2 aromatic heterocycles. The second-order valence-electron chi connectivity index (χ2n) is 5.90. The van der Waals surface area contributed by atoms with Crippen LogP contribution in [0.4, 0.5) is 8.78 Å². The van der Waals surface area contributed by atoms with Crippen molar-refractivity contribution < 1.29 is 13.6 Å². The zero-order chi connectivity index (χ0) is 18.7. The Morgan fingerprint density at radius 1 is 1.27 bits per heavy atom. The molecule has 3 aromatic rings. The first kappa shape index (κ1) is 17.7. The van der Waals surface area contributed by atoms with Crippen molar-refractivity contribution in [3.05, 3.63) is 65.5 Å². The molecule has 2 heterocycles. The number of rotatable bonds is 6. The zero-order valence-electron chi connectivity index (χ0n) is 14.4. The molecule has 136 valence electrons. The standard InChI is InChI=1S/C17H18F2N6O/c1-12-20-6-7-24(12)9-8-23(2)17(26)16-11-25(22-21-16)10-13-14(18)4-3-5-15(13)19/h3-7,11H,8-10H2,1-2H3. The van der Waals surface area contributed by atoms with E-state index in [0.29, 0.717) is 13.1 Å². The summed E-state index contributed by atoms with van der Waals surface area (Å²) in [4.78, 5) is 18.1. The second-order valence-corrected chi connectivity index (χ2v) is 5.90. The lowest BCUT2D eigenvalue weighted by Crippen LogP contribution is -2.30. The van der Waals surface area contributed by atoms with Gasteiger partial charge in [-0.15, -0.1) is 5.10 Å². The Hall–Kier alpha value is -3.10. The van der Waals surface area contributed by atoms with E-state index in [1.54, 1.807) is 13.2 Å². The third-order valence-corrected chi connectivity index (χ3v) is 4.09. The van der Waals surface area contributed by atoms with Gasteiger partial charge in [-0.25, -0.2) is 18.4 Å². The van der Waals surface area contributed by atoms with Crippen LogP contribution >= 0.6 is 0 Å². The number of benzene rings is 1. The molecule has 1 amide bonds. The maximum atomic E-state index is 13.7. The Balaban J connectivity index is 1.65. The van der Waals surface area contributed by atoms with Gasteiger partial charge >= 0.3 is 0 Å². The van der Waals surface area contributed by atoms with Crippen molar-refractivity contribution in [2.45, 2.75) is 20.0 Å². The summed E-state index contributed by atoms with van der Waals surface area (Å²) in [6.07, 6.45) is 4.92. The van der Waals surface area contributed by atoms with Gasteiger partial charge < -0.3 is 9.47 Å². The lowest BCUT2D eigenvalue weighted by Gasteiger charge is -2.16. The van der Waals surface area contributed by atoms with Crippen molar-refractivity contribution in [1.82, 2.24) is 29.4 Å². The first-order valence-electron chi connectivity index (χ1n) is 8.02. The second kappa shape index (κ2) is 7.42. The molecule has 0 bridgehead atoms. The maximum Gasteiger partial charge on any atom is 0.275 e. The molecule has 0 aliphatic rings. The maximum absolute atomic E-state index is 13.7. The van der Waals surface area contributed by atoms with Crippen LogP contribution in [-0.2, 0) is 13.1 Å². The molecule has 0 unspecified atom stereocenters. The van der Waals surface area contributed by atoms with Crippen molar-refractivity contribution in [2.75, 3.05) is 13.6 Å². The summed E-state index contributed by atoms with van der Waals surface area (Å²) < 4.78 is 30.6. The fourth-order valence-corrected chi connectivity index (χ4v) is 2.51. The molecule has 9 heteroatoms. The number of carbonyl (C=O) groups excluding carboxylic acids is 1. The number of carbonyl (C=O) groups is 1. The van der Waals surface area contributed by atoms with Crippen LogP contribution in [0.3, 0.4) is 0 Å². The summed E-state index contributed by atoms with van der Waals surface area (Å²) in [5, 5.41) is 7.60. The van der Waals surface area contributed by atoms with E-state index < -0.39 is 11.6 Å². The monoisotopic (exact) mass is 360 g/mol. The van der Waals surface area contributed by atoms with Gasteiger partial charge in [0.25, 0.3) is 5.91 Å². The van der Waals surface area contributed by atoms with Gasteiger partial charge in [-0.3, -0.25) is 4.79 Å². The number of aryl methyl sites for hydroxylation is 1. The molecule has 3 rings (SSSR count). The molecule has 0 fully saturated rings. The Morgan fingerprint density at radius 2 is 2.00 bits per heavy atom. The fraction of sp³-hybridized carbons (Fsp3) is 0.294. The van der Waals surface area contributed by atoms with Gasteiger partial charge in [0, 0.05) is 38.1 Å². The highest BCUT2D eigenvalue weighted by Crippen LogP contribution is 2.13. The Labute approximate surface area is 148 Å². The molecule has 0 radical (unpaired) electrons. The van der Waals surface area contributed by atoms with Gasteiger partial charge in [-0.2, -0.15) is 0 Å². The Morgan fingerprint density at radius 3 is 2.65 bits per heavy atom. The van der Waals surface area contributed by atoms with Crippen LogP contribution in [0.2, 0.25) is 0 Å². The fourth-order valence-electron chi connectivity index (χ4n) is 2.51. The van der Waals surface area contributed by atoms with E-state index >= 15 is 0 Å². The average Bonchev–Trinajstić information content (AvgIpc) is 3.24. The molecular weight excluding hydrogens is 342 g/mol. The number of aromatic nitrogens is 5. The van der Waals surface area contributed by atoms with Crippen LogP contribution in [0, 0.1) is 18.6 Å². The molecule has 0 spiro atoms. The summed E-state index contributed by atoms with van der Waals surface area (Å²) in [7, 11) is 1.66.